The summed E-state index contributed by atoms with van der Waals surface area (Å²) in [6.45, 7) is 2.02. The molecule has 0 aliphatic carbocycles. The van der Waals surface area contributed by atoms with Gasteiger partial charge in [-0.25, -0.2) is 0 Å². The summed E-state index contributed by atoms with van der Waals surface area (Å²) in [5.41, 5.74) is 0.936. The molecular formula is C14H14O4. The van der Waals surface area contributed by atoms with Crippen LogP contribution in [0.4, 0.5) is 0 Å². The van der Waals surface area contributed by atoms with Gasteiger partial charge in [0.05, 0.1) is 5.39 Å². The summed E-state index contributed by atoms with van der Waals surface area (Å²) in [6, 6.07) is 4.82. The van der Waals surface area contributed by atoms with Gasteiger partial charge >= 0.3 is 0 Å². The molecule has 1 heterocycles. The zero-order chi connectivity index (χ0) is 13.1. The summed E-state index contributed by atoms with van der Waals surface area (Å²) in [5.74, 6) is -0.277. The second-order valence-corrected chi connectivity index (χ2v) is 4.17. The molecule has 4 heteroatoms. The molecule has 0 saturated heterocycles. The van der Waals surface area contributed by atoms with Crippen molar-refractivity contribution in [2.24, 2.45) is 0 Å². The fourth-order valence-electron chi connectivity index (χ4n) is 1.84. The molecule has 0 aliphatic rings. The first-order chi connectivity index (χ1) is 8.67. The number of hydrogen-bond donors (Lipinski definition) is 1. The Balaban J connectivity index is 2.40. The van der Waals surface area contributed by atoms with Crippen molar-refractivity contribution in [3.63, 3.8) is 0 Å². The summed E-state index contributed by atoms with van der Waals surface area (Å²) in [4.78, 5) is 22.5. The van der Waals surface area contributed by atoms with Crippen LogP contribution in [0.5, 0.6) is 5.75 Å². The topological polar surface area (TPSA) is 67.5 Å². The average Bonchev–Trinajstić information content (AvgIpc) is 2.72. The summed E-state index contributed by atoms with van der Waals surface area (Å²) in [6.07, 6.45) is 2.74. The number of ketones is 1. The smallest absolute Gasteiger partial charge is 0.209 e. The van der Waals surface area contributed by atoms with Gasteiger partial charge in [0.1, 0.15) is 5.58 Å². The van der Waals surface area contributed by atoms with Crippen LogP contribution in [0.2, 0.25) is 0 Å². The average molecular weight is 246 g/mol. The van der Waals surface area contributed by atoms with Gasteiger partial charge in [-0.05, 0) is 24.6 Å². The highest BCUT2D eigenvalue weighted by Crippen LogP contribution is 2.31. The summed E-state index contributed by atoms with van der Waals surface area (Å²) < 4.78 is 5.13. The number of furan rings is 1. The Morgan fingerprint density at radius 1 is 1.44 bits per heavy atom. The number of fused-ring (bicyclic) bond motifs is 1. The van der Waals surface area contributed by atoms with Crippen molar-refractivity contribution in [1.82, 2.24) is 0 Å². The predicted molar refractivity (Wildman–Crippen MR) is 67.1 cm³/mol. The third-order valence-electron chi connectivity index (χ3n) is 2.87. The number of benzene rings is 1. The number of aromatic hydroxyl groups is 1. The maximum absolute atomic E-state index is 11.9. The molecule has 4 nitrogen and oxygen atoms in total. The summed E-state index contributed by atoms with van der Waals surface area (Å²) in [5, 5.41) is 10.1. The molecule has 18 heavy (non-hydrogen) atoms. The van der Waals surface area contributed by atoms with Gasteiger partial charge in [0.15, 0.2) is 17.8 Å². The third kappa shape index (κ3) is 2.14. The molecule has 94 valence electrons. The molecule has 0 bridgehead atoms. The molecule has 0 spiro atoms. The van der Waals surface area contributed by atoms with Gasteiger partial charge in [-0.3, -0.25) is 9.59 Å². The number of hydrogen-bond acceptors (Lipinski definition) is 4. The Morgan fingerprint density at radius 2 is 2.22 bits per heavy atom. The molecular weight excluding hydrogens is 232 g/mol. The minimum Gasteiger partial charge on any atom is -0.504 e. The van der Waals surface area contributed by atoms with Gasteiger partial charge in [0.2, 0.25) is 5.76 Å². The highest BCUT2D eigenvalue weighted by Gasteiger charge is 2.14. The van der Waals surface area contributed by atoms with Crippen LogP contribution in [-0.4, -0.2) is 17.2 Å². The van der Waals surface area contributed by atoms with Crippen LogP contribution in [0.3, 0.4) is 0 Å². The molecule has 1 N–H and O–H groups in total. The van der Waals surface area contributed by atoms with E-state index in [0.29, 0.717) is 29.2 Å². The van der Waals surface area contributed by atoms with Gasteiger partial charge < -0.3 is 9.52 Å². The van der Waals surface area contributed by atoms with Gasteiger partial charge in [-0.15, -0.1) is 0 Å². The Kier molecular flexibility index (Phi) is 3.46. The molecule has 0 atom stereocenters. The molecule has 0 unspecified atom stereocenters. The Hall–Kier alpha value is -2.10. The van der Waals surface area contributed by atoms with E-state index in [2.05, 4.69) is 0 Å². The number of Topliss-reactive ketones (excluding diaryl/α,β-unsaturated/α-hetero) is 1. The van der Waals surface area contributed by atoms with E-state index in [1.54, 1.807) is 18.2 Å². The number of carbonyl (C=O) groups is 2. The van der Waals surface area contributed by atoms with Crippen molar-refractivity contribution in [2.45, 2.75) is 26.2 Å². The van der Waals surface area contributed by atoms with Crippen molar-refractivity contribution in [3.05, 3.63) is 29.5 Å². The number of rotatable bonds is 5. The molecule has 0 amide bonds. The lowest BCUT2D eigenvalue weighted by Crippen LogP contribution is -1.97. The Labute approximate surface area is 104 Å². The Bertz CT molecular complexity index is 595. The zero-order valence-electron chi connectivity index (χ0n) is 10.1. The van der Waals surface area contributed by atoms with E-state index < -0.39 is 0 Å². The molecule has 0 radical (unpaired) electrons. The van der Waals surface area contributed by atoms with Crippen molar-refractivity contribution in [3.8, 4) is 5.75 Å². The first-order valence-corrected chi connectivity index (χ1v) is 5.91. The molecule has 0 fully saturated rings. The van der Waals surface area contributed by atoms with Crippen LogP contribution < -0.4 is 0 Å². The van der Waals surface area contributed by atoms with E-state index in [9.17, 15) is 14.7 Å². The lowest BCUT2D eigenvalue weighted by molar-refractivity contribution is 0.0979. The molecule has 1 aromatic carbocycles. The molecule has 1 aromatic heterocycles. The van der Waals surface area contributed by atoms with Crippen molar-refractivity contribution in [1.29, 1.82) is 0 Å². The van der Waals surface area contributed by atoms with Crippen LogP contribution in [-0.2, 0) is 0 Å². The largest absolute Gasteiger partial charge is 0.504 e. The lowest BCUT2D eigenvalue weighted by Gasteiger charge is -1.99. The van der Waals surface area contributed by atoms with Crippen LogP contribution >= 0.6 is 0 Å². The van der Waals surface area contributed by atoms with Crippen molar-refractivity contribution < 1.29 is 19.1 Å². The minimum absolute atomic E-state index is 0.0343. The fraction of sp³-hybridized carbons (Fsp3) is 0.286. The molecule has 0 saturated carbocycles. The van der Waals surface area contributed by atoms with Gasteiger partial charge in [-0.2, -0.15) is 0 Å². The highest BCUT2D eigenvalue weighted by atomic mass is 16.4. The minimum atomic E-state index is -0.204. The van der Waals surface area contributed by atoms with Crippen molar-refractivity contribution >= 4 is 23.0 Å². The molecule has 2 rings (SSSR count). The standard InChI is InChI=1S/C14H14O4/c1-2-3-4-11(16)9-5-6-12-10(7-9)14(17)13(8-15)18-12/h5-8,17H,2-4H2,1H3. The van der Waals surface area contributed by atoms with Crippen LogP contribution in [0, 0.1) is 0 Å². The predicted octanol–water partition coefficient (Wildman–Crippen LogP) is 3.32. The maximum Gasteiger partial charge on any atom is 0.209 e. The monoisotopic (exact) mass is 246 g/mol. The van der Waals surface area contributed by atoms with Gasteiger partial charge in [0.25, 0.3) is 0 Å². The quantitative estimate of drug-likeness (QED) is 0.649. The van der Waals surface area contributed by atoms with E-state index in [0.717, 1.165) is 12.8 Å². The number of unbranched alkanes of at least 4 members (excludes halogenated alkanes) is 1. The van der Waals surface area contributed by atoms with Crippen LogP contribution in [0.1, 0.15) is 47.1 Å². The van der Waals surface area contributed by atoms with Crippen LogP contribution in [0.25, 0.3) is 11.0 Å². The second-order valence-electron chi connectivity index (χ2n) is 4.17. The van der Waals surface area contributed by atoms with E-state index in [1.807, 2.05) is 6.92 Å². The fourth-order valence-corrected chi connectivity index (χ4v) is 1.84. The first kappa shape index (κ1) is 12.4. The van der Waals surface area contributed by atoms with E-state index in [4.69, 9.17) is 4.42 Å². The SMILES string of the molecule is CCCCC(=O)c1ccc2oc(C=O)c(O)c2c1. The van der Waals surface area contributed by atoms with Gasteiger partial charge in [-0.1, -0.05) is 13.3 Å². The molecule has 0 aliphatic heterocycles. The highest BCUT2D eigenvalue weighted by molar-refractivity contribution is 6.01. The number of aldehydes is 1. The van der Waals surface area contributed by atoms with Crippen LogP contribution in [0.15, 0.2) is 22.6 Å². The second kappa shape index (κ2) is 5.04. The normalized spacial score (nSPS) is 10.7. The summed E-state index contributed by atoms with van der Waals surface area (Å²) in [7, 11) is 0. The lowest BCUT2D eigenvalue weighted by atomic mass is 10.0. The van der Waals surface area contributed by atoms with Crippen molar-refractivity contribution in [2.75, 3.05) is 0 Å². The third-order valence-corrected chi connectivity index (χ3v) is 2.87. The van der Waals surface area contributed by atoms with E-state index >= 15 is 0 Å². The van der Waals surface area contributed by atoms with E-state index in [1.165, 1.54) is 0 Å². The molecule has 2 aromatic rings. The zero-order valence-corrected chi connectivity index (χ0v) is 10.1. The van der Waals surface area contributed by atoms with Gasteiger partial charge in [0, 0.05) is 12.0 Å². The number of carbonyl (C=O) groups excluding carboxylic acids is 2. The summed E-state index contributed by atoms with van der Waals surface area (Å²) >= 11 is 0. The Morgan fingerprint density at radius 3 is 2.89 bits per heavy atom. The first-order valence-electron chi connectivity index (χ1n) is 5.91. The van der Waals surface area contributed by atoms with E-state index in [-0.39, 0.29) is 17.3 Å². The maximum atomic E-state index is 11.9.